The van der Waals surface area contributed by atoms with Gasteiger partial charge in [-0.2, -0.15) is 0 Å². The van der Waals surface area contributed by atoms with Crippen LogP contribution in [0.1, 0.15) is 70.6 Å². The van der Waals surface area contributed by atoms with Gasteiger partial charge in [0, 0.05) is 24.0 Å². The summed E-state index contributed by atoms with van der Waals surface area (Å²) >= 11 is 1.33. The molecule has 0 unspecified atom stereocenters. The molecule has 2 heterocycles. The molecule has 2 fully saturated rings. The first-order chi connectivity index (χ1) is 15.6. The lowest BCUT2D eigenvalue weighted by molar-refractivity contribution is -0.135. The Morgan fingerprint density at radius 2 is 1.53 bits per heavy atom. The zero-order valence-corrected chi connectivity index (χ0v) is 19.7. The average molecular weight is 458 g/mol. The third-order valence-electron chi connectivity index (χ3n) is 6.81. The van der Waals surface area contributed by atoms with Crippen LogP contribution in [0.4, 0.5) is 5.69 Å². The van der Waals surface area contributed by atoms with Crippen LogP contribution < -0.4 is 10.2 Å². The highest BCUT2D eigenvalue weighted by Gasteiger charge is 2.40. The van der Waals surface area contributed by atoms with Crippen LogP contribution in [-0.2, 0) is 14.4 Å². The Balaban J connectivity index is 1.47. The van der Waals surface area contributed by atoms with Crippen molar-refractivity contribution in [3.63, 3.8) is 0 Å². The number of rotatable bonds is 4. The molecule has 32 heavy (non-hydrogen) atoms. The summed E-state index contributed by atoms with van der Waals surface area (Å²) in [5.74, 6) is -0.510. The molecule has 4 rings (SSSR count). The second kappa shape index (κ2) is 11.2. The Morgan fingerprint density at radius 1 is 0.906 bits per heavy atom. The molecule has 3 aliphatic rings. The number of hydrogen-bond acceptors (Lipinski definition) is 4. The van der Waals surface area contributed by atoms with Crippen LogP contribution in [-0.4, -0.2) is 53.5 Å². The van der Waals surface area contributed by atoms with E-state index in [-0.39, 0.29) is 30.3 Å². The van der Waals surface area contributed by atoms with Gasteiger partial charge in [0.2, 0.25) is 11.8 Å². The predicted octanol–water partition coefficient (Wildman–Crippen LogP) is 4.13. The van der Waals surface area contributed by atoms with Gasteiger partial charge in [0.05, 0.1) is 5.69 Å². The Hall–Kier alpha value is -2.02. The molecule has 1 atom stereocenters. The third kappa shape index (κ3) is 5.66. The molecule has 1 aromatic carbocycles. The lowest BCUT2D eigenvalue weighted by Crippen LogP contribution is -2.53. The summed E-state index contributed by atoms with van der Waals surface area (Å²) in [5, 5.41) is 2.36. The van der Waals surface area contributed by atoms with E-state index < -0.39 is 5.25 Å². The molecule has 6 nitrogen and oxygen atoms in total. The van der Waals surface area contributed by atoms with Crippen molar-refractivity contribution in [3.05, 3.63) is 24.3 Å². The summed E-state index contributed by atoms with van der Waals surface area (Å²) in [4.78, 5) is 44.0. The minimum absolute atomic E-state index is 0.0311. The Kier molecular flexibility index (Phi) is 8.11. The zero-order chi connectivity index (χ0) is 22.3. The van der Waals surface area contributed by atoms with Gasteiger partial charge in [0.15, 0.2) is 5.25 Å². The van der Waals surface area contributed by atoms with E-state index in [0.717, 1.165) is 61.9 Å². The number of carbonyl (C=O) groups is 3. The van der Waals surface area contributed by atoms with Crippen LogP contribution in [0.15, 0.2) is 29.2 Å². The first-order valence-corrected chi connectivity index (χ1v) is 13.2. The van der Waals surface area contributed by atoms with E-state index >= 15 is 0 Å². The molecule has 1 N–H and O–H groups in total. The van der Waals surface area contributed by atoms with Crippen LogP contribution in [0.5, 0.6) is 0 Å². The summed E-state index contributed by atoms with van der Waals surface area (Å²) in [6.07, 6.45) is 12.2. The van der Waals surface area contributed by atoms with E-state index in [1.54, 1.807) is 0 Å². The van der Waals surface area contributed by atoms with Gasteiger partial charge in [-0.05, 0) is 37.8 Å². The van der Waals surface area contributed by atoms with E-state index in [1.165, 1.54) is 35.9 Å². The minimum atomic E-state index is -0.808. The van der Waals surface area contributed by atoms with Gasteiger partial charge in [-0.15, -0.1) is 11.8 Å². The van der Waals surface area contributed by atoms with Gasteiger partial charge in [-0.1, -0.05) is 57.1 Å². The van der Waals surface area contributed by atoms with E-state index in [0.29, 0.717) is 13.1 Å². The summed E-state index contributed by atoms with van der Waals surface area (Å²) in [6, 6.07) is 7.79. The first kappa shape index (κ1) is 23.1. The molecule has 1 saturated heterocycles. The lowest BCUT2D eigenvalue weighted by Gasteiger charge is -2.35. The van der Waals surface area contributed by atoms with Crippen molar-refractivity contribution in [1.29, 1.82) is 0 Å². The number of para-hydroxylation sites is 1. The topological polar surface area (TPSA) is 69.7 Å². The summed E-state index contributed by atoms with van der Waals surface area (Å²) in [7, 11) is 0. The third-order valence-corrected chi connectivity index (χ3v) is 8.04. The molecule has 0 bridgehead atoms. The highest BCUT2D eigenvalue weighted by molar-refractivity contribution is 8.01. The van der Waals surface area contributed by atoms with Crippen molar-refractivity contribution >= 4 is 35.2 Å². The van der Waals surface area contributed by atoms with Gasteiger partial charge < -0.3 is 15.1 Å². The minimum Gasteiger partial charge on any atom is -0.352 e. The standard InChI is InChI=1S/C25H35N3O3S/c29-22(26-19-12-6-2-1-3-7-13-19)18-28-20-14-8-9-15-21(20)32-23(25(28)31)24(30)27-16-10-4-5-11-17-27/h8-9,14-15,19,23H,1-7,10-13,16-18H2,(H,26,29)/t23-/m0/s1. The normalized spacial score (nSPS) is 23.0. The van der Waals surface area contributed by atoms with Crippen molar-refractivity contribution in [3.8, 4) is 0 Å². The first-order valence-electron chi connectivity index (χ1n) is 12.3. The van der Waals surface area contributed by atoms with E-state index in [1.807, 2.05) is 29.2 Å². The van der Waals surface area contributed by atoms with Crippen LogP contribution in [0.3, 0.4) is 0 Å². The maximum Gasteiger partial charge on any atom is 0.250 e. The molecule has 0 spiro atoms. The monoisotopic (exact) mass is 457 g/mol. The van der Waals surface area contributed by atoms with E-state index in [9.17, 15) is 14.4 Å². The Labute approximate surface area is 195 Å². The molecule has 3 amide bonds. The number of carbonyl (C=O) groups excluding carboxylic acids is 3. The number of nitrogens with zero attached hydrogens (tertiary/aromatic N) is 2. The lowest BCUT2D eigenvalue weighted by atomic mass is 9.97. The molecule has 0 aromatic heterocycles. The number of fused-ring (bicyclic) bond motifs is 1. The molecule has 1 aromatic rings. The molecule has 1 aliphatic carbocycles. The Bertz CT molecular complexity index is 814. The zero-order valence-electron chi connectivity index (χ0n) is 18.9. The largest absolute Gasteiger partial charge is 0.352 e. The fourth-order valence-electron chi connectivity index (χ4n) is 5.01. The molecule has 2 aliphatic heterocycles. The molecule has 7 heteroatoms. The fourth-order valence-corrected chi connectivity index (χ4v) is 6.20. The van der Waals surface area contributed by atoms with E-state index in [2.05, 4.69) is 5.32 Å². The summed E-state index contributed by atoms with van der Waals surface area (Å²) < 4.78 is 0. The van der Waals surface area contributed by atoms with Gasteiger partial charge in [0.1, 0.15) is 6.54 Å². The average Bonchev–Trinajstić information content (AvgIpc) is 3.06. The highest BCUT2D eigenvalue weighted by Crippen LogP contribution is 2.39. The van der Waals surface area contributed by atoms with Crippen molar-refractivity contribution in [2.45, 2.75) is 86.8 Å². The quantitative estimate of drug-likeness (QED) is 0.691. The van der Waals surface area contributed by atoms with Crippen molar-refractivity contribution in [1.82, 2.24) is 10.2 Å². The number of hydrogen-bond donors (Lipinski definition) is 1. The van der Waals surface area contributed by atoms with Crippen LogP contribution in [0, 0.1) is 0 Å². The number of benzene rings is 1. The van der Waals surface area contributed by atoms with Gasteiger partial charge in [0.25, 0.3) is 5.91 Å². The number of anilines is 1. The van der Waals surface area contributed by atoms with Crippen molar-refractivity contribution in [2.24, 2.45) is 0 Å². The maximum absolute atomic E-state index is 13.5. The summed E-state index contributed by atoms with van der Waals surface area (Å²) in [5.41, 5.74) is 0.732. The van der Waals surface area contributed by atoms with Gasteiger partial charge in [-0.25, -0.2) is 0 Å². The second-order valence-electron chi connectivity index (χ2n) is 9.24. The van der Waals surface area contributed by atoms with Gasteiger partial charge >= 0.3 is 0 Å². The Morgan fingerprint density at radius 3 is 2.25 bits per heavy atom. The van der Waals surface area contributed by atoms with Crippen LogP contribution in [0.25, 0.3) is 0 Å². The highest BCUT2D eigenvalue weighted by atomic mass is 32.2. The smallest absolute Gasteiger partial charge is 0.250 e. The van der Waals surface area contributed by atoms with Crippen molar-refractivity contribution < 1.29 is 14.4 Å². The molecular weight excluding hydrogens is 422 g/mol. The molecular formula is C25H35N3O3S. The van der Waals surface area contributed by atoms with E-state index in [4.69, 9.17) is 0 Å². The van der Waals surface area contributed by atoms with Gasteiger partial charge in [-0.3, -0.25) is 14.4 Å². The van der Waals surface area contributed by atoms with Crippen LogP contribution >= 0.6 is 11.8 Å². The number of amides is 3. The fraction of sp³-hybridized carbons (Fsp3) is 0.640. The molecule has 0 radical (unpaired) electrons. The second-order valence-corrected chi connectivity index (χ2v) is 10.4. The van der Waals surface area contributed by atoms with Crippen molar-refractivity contribution in [2.75, 3.05) is 24.5 Å². The number of thioether (sulfide) groups is 1. The maximum atomic E-state index is 13.5. The molecule has 174 valence electrons. The van der Waals surface area contributed by atoms with Crippen LogP contribution in [0.2, 0.25) is 0 Å². The number of nitrogens with one attached hydrogen (secondary N) is 1. The SMILES string of the molecule is O=C(CN1C(=O)[C@H](C(=O)N2CCCCCC2)Sc2ccccc21)NC1CCCCCCC1. The summed E-state index contributed by atoms with van der Waals surface area (Å²) in [6.45, 7) is 1.40. The molecule has 1 saturated carbocycles. The number of likely N-dealkylation sites (tertiary alicyclic amines) is 1. The predicted molar refractivity (Wildman–Crippen MR) is 128 cm³/mol.